The molecule has 0 spiro atoms. The van der Waals surface area contributed by atoms with Gasteiger partial charge in [0.05, 0.1) is 27.4 Å². The molecule has 1 aliphatic carbocycles. The molecule has 0 unspecified atom stereocenters. The fourth-order valence-electron chi connectivity index (χ4n) is 4.06. The van der Waals surface area contributed by atoms with E-state index in [2.05, 4.69) is 0 Å². The van der Waals surface area contributed by atoms with Crippen LogP contribution < -0.4 is 14.2 Å². The number of aliphatic hydroxyl groups is 1. The first-order chi connectivity index (χ1) is 14.5. The van der Waals surface area contributed by atoms with Crippen LogP contribution in [0.25, 0.3) is 0 Å². The molecular weight excluding hydrogens is 384 g/mol. The topological polar surface area (TPSA) is 82.1 Å². The second kappa shape index (κ2) is 9.76. The molecule has 0 heterocycles. The molecule has 2 atom stereocenters. The van der Waals surface area contributed by atoms with Crippen molar-refractivity contribution in [1.29, 1.82) is 0 Å². The monoisotopic (exact) mass is 412 g/mol. The lowest BCUT2D eigenvalue weighted by Gasteiger charge is -2.28. The fourth-order valence-corrected chi connectivity index (χ4v) is 4.06. The summed E-state index contributed by atoms with van der Waals surface area (Å²) in [7, 11) is 4.52. The maximum atomic E-state index is 12.8. The Morgan fingerprint density at radius 3 is 2.27 bits per heavy atom. The average molecular weight is 412 g/mol. The third-order valence-electron chi connectivity index (χ3n) is 5.70. The molecule has 0 radical (unpaired) electrons. The van der Waals surface area contributed by atoms with Crippen LogP contribution in [-0.2, 0) is 11.2 Å². The lowest BCUT2D eigenvalue weighted by molar-refractivity contribution is -0.114. The first kappa shape index (κ1) is 21.8. The first-order valence-electron chi connectivity index (χ1n) is 10.1. The van der Waals surface area contributed by atoms with Crippen molar-refractivity contribution in [1.82, 2.24) is 0 Å². The van der Waals surface area contributed by atoms with Crippen molar-refractivity contribution in [2.45, 2.75) is 44.1 Å². The van der Waals surface area contributed by atoms with Gasteiger partial charge in [-0.05, 0) is 30.5 Å². The number of aliphatic hydroxyl groups excluding tert-OH is 1. The molecule has 2 aromatic rings. The summed E-state index contributed by atoms with van der Waals surface area (Å²) in [5.74, 6) is 0.304. The molecule has 1 fully saturated rings. The van der Waals surface area contributed by atoms with Gasteiger partial charge in [-0.25, -0.2) is 0 Å². The van der Waals surface area contributed by atoms with Crippen LogP contribution in [-0.4, -0.2) is 44.1 Å². The third kappa shape index (κ3) is 4.65. The van der Waals surface area contributed by atoms with Gasteiger partial charge in [-0.2, -0.15) is 0 Å². The summed E-state index contributed by atoms with van der Waals surface area (Å²) in [4.78, 5) is 25.6. The number of methoxy groups -OCH3 is 3. The van der Waals surface area contributed by atoms with Gasteiger partial charge in [-0.1, -0.05) is 31.0 Å². The number of hydrogen-bond acceptors (Lipinski definition) is 6. The van der Waals surface area contributed by atoms with Crippen LogP contribution in [0.3, 0.4) is 0 Å². The van der Waals surface area contributed by atoms with Crippen LogP contribution in [0.5, 0.6) is 17.2 Å². The van der Waals surface area contributed by atoms with Crippen molar-refractivity contribution in [3.63, 3.8) is 0 Å². The van der Waals surface area contributed by atoms with Crippen LogP contribution in [0.15, 0.2) is 36.4 Å². The minimum atomic E-state index is -0.556. The Hall–Kier alpha value is -2.86. The molecule has 6 heteroatoms. The number of carbonyl (C=O) groups is 2. The van der Waals surface area contributed by atoms with Crippen molar-refractivity contribution in [3.05, 3.63) is 53.1 Å². The highest BCUT2D eigenvalue weighted by Crippen LogP contribution is 2.35. The van der Waals surface area contributed by atoms with Gasteiger partial charge in [0, 0.05) is 29.5 Å². The Bertz CT molecular complexity index is 920. The standard InChI is InChI=1S/C24H28O6/c1-28-21-14-23(30-3)22(29-2)13-17(21)12-20(26)24(27)16-8-6-7-15(11-16)18-9-4-5-10-19(18)25/h6-8,11,13-14,18-19,25H,4-5,9-10,12H2,1-3H3/t18-,19+/m0/s1. The number of carbonyl (C=O) groups excluding carboxylic acids is 2. The molecule has 1 aliphatic rings. The van der Waals surface area contributed by atoms with E-state index in [4.69, 9.17) is 14.2 Å². The Labute approximate surface area is 176 Å². The van der Waals surface area contributed by atoms with Gasteiger partial charge in [-0.15, -0.1) is 0 Å². The normalized spacial score (nSPS) is 18.5. The second-order valence-corrected chi connectivity index (χ2v) is 7.53. The molecule has 0 saturated heterocycles. The number of hydrogen-bond donors (Lipinski definition) is 1. The van der Waals surface area contributed by atoms with Crippen molar-refractivity contribution in [3.8, 4) is 17.2 Å². The number of rotatable bonds is 8. The van der Waals surface area contributed by atoms with E-state index in [1.807, 2.05) is 6.07 Å². The Balaban J connectivity index is 1.81. The largest absolute Gasteiger partial charge is 0.496 e. The molecule has 160 valence electrons. The molecular formula is C24H28O6. The summed E-state index contributed by atoms with van der Waals surface area (Å²) in [6, 6.07) is 10.4. The van der Waals surface area contributed by atoms with Gasteiger partial charge >= 0.3 is 0 Å². The predicted octanol–water partition coefficient (Wildman–Crippen LogP) is 3.73. The zero-order chi connectivity index (χ0) is 21.7. The van der Waals surface area contributed by atoms with E-state index in [0.717, 1.165) is 31.2 Å². The number of ether oxygens (including phenoxy) is 3. The summed E-state index contributed by atoms with van der Waals surface area (Å²) < 4.78 is 15.9. The van der Waals surface area contributed by atoms with E-state index in [1.165, 1.54) is 21.3 Å². The molecule has 1 saturated carbocycles. The molecule has 0 amide bonds. The molecule has 2 aromatic carbocycles. The van der Waals surface area contributed by atoms with Gasteiger partial charge in [0.15, 0.2) is 11.5 Å². The van der Waals surface area contributed by atoms with Gasteiger partial charge in [0.25, 0.3) is 0 Å². The summed E-state index contributed by atoms with van der Waals surface area (Å²) in [6.07, 6.45) is 3.20. The maximum absolute atomic E-state index is 12.8. The zero-order valence-corrected chi connectivity index (χ0v) is 17.6. The number of ketones is 2. The number of Topliss-reactive ketones (excluding diaryl/α,β-unsaturated/α-hetero) is 2. The van der Waals surface area contributed by atoms with Crippen LogP contribution in [0.1, 0.15) is 53.1 Å². The Morgan fingerprint density at radius 1 is 0.933 bits per heavy atom. The number of benzene rings is 2. The van der Waals surface area contributed by atoms with E-state index in [-0.39, 0.29) is 12.3 Å². The molecule has 0 bridgehead atoms. The van der Waals surface area contributed by atoms with E-state index in [9.17, 15) is 14.7 Å². The SMILES string of the molecule is COc1cc(OC)c(OC)cc1CC(=O)C(=O)c1cccc([C@@H]2CCCC[C@H]2O)c1. The van der Waals surface area contributed by atoms with E-state index in [1.54, 1.807) is 30.3 Å². The first-order valence-corrected chi connectivity index (χ1v) is 10.1. The van der Waals surface area contributed by atoms with Crippen molar-refractivity contribution in [2.75, 3.05) is 21.3 Å². The van der Waals surface area contributed by atoms with Crippen LogP contribution in [0.4, 0.5) is 0 Å². The molecule has 0 aromatic heterocycles. The summed E-state index contributed by atoms with van der Waals surface area (Å²) in [6.45, 7) is 0. The van der Waals surface area contributed by atoms with Crippen LogP contribution in [0, 0.1) is 0 Å². The minimum Gasteiger partial charge on any atom is -0.496 e. The minimum absolute atomic E-state index is 0.00699. The predicted molar refractivity (Wildman–Crippen MR) is 113 cm³/mol. The smallest absolute Gasteiger partial charge is 0.228 e. The average Bonchev–Trinajstić information content (AvgIpc) is 2.78. The molecule has 0 aliphatic heterocycles. The van der Waals surface area contributed by atoms with Gasteiger partial charge < -0.3 is 19.3 Å². The molecule has 1 N–H and O–H groups in total. The van der Waals surface area contributed by atoms with Crippen molar-refractivity contribution < 1.29 is 28.9 Å². The fraction of sp³-hybridized carbons (Fsp3) is 0.417. The van der Waals surface area contributed by atoms with Crippen molar-refractivity contribution in [2.24, 2.45) is 0 Å². The summed E-state index contributed by atoms with van der Waals surface area (Å²) in [5.41, 5.74) is 1.80. The Kier molecular flexibility index (Phi) is 7.11. The van der Waals surface area contributed by atoms with Gasteiger partial charge in [0.2, 0.25) is 11.6 Å². The highest BCUT2D eigenvalue weighted by Gasteiger charge is 2.26. The van der Waals surface area contributed by atoms with Crippen LogP contribution in [0.2, 0.25) is 0 Å². The zero-order valence-electron chi connectivity index (χ0n) is 17.6. The summed E-state index contributed by atoms with van der Waals surface area (Å²) in [5, 5.41) is 10.3. The maximum Gasteiger partial charge on any atom is 0.228 e. The van der Waals surface area contributed by atoms with E-state index >= 15 is 0 Å². The van der Waals surface area contributed by atoms with E-state index in [0.29, 0.717) is 28.4 Å². The summed E-state index contributed by atoms with van der Waals surface area (Å²) >= 11 is 0. The van der Waals surface area contributed by atoms with Crippen LogP contribution >= 0.6 is 0 Å². The Morgan fingerprint density at radius 2 is 1.60 bits per heavy atom. The molecule has 3 rings (SSSR count). The highest BCUT2D eigenvalue weighted by atomic mass is 16.5. The van der Waals surface area contributed by atoms with Crippen molar-refractivity contribution >= 4 is 11.6 Å². The lowest BCUT2D eigenvalue weighted by Crippen LogP contribution is -2.23. The van der Waals surface area contributed by atoms with Gasteiger partial charge in [0.1, 0.15) is 5.75 Å². The highest BCUT2D eigenvalue weighted by molar-refractivity contribution is 6.44. The van der Waals surface area contributed by atoms with Gasteiger partial charge in [-0.3, -0.25) is 9.59 Å². The molecule has 6 nitrogen and oxygen atoms in total. The third-order valence-corrected chi connectivity index (χ3v) is 5.70. The molecule has 30 heavy (non-hydrogen) atoms. The van der Waals surface area contributed by atoms with E-state index < -0.39 is 17.7 Å². The lowest BCUT2D eigenvalue weighted by atomic mass is 9.81. The quantitative estimate of drug-likeness (QED) is 0.526. The second-order valence-electron chi connectivity index (χ2n) is 7.53.